The molecule has 0 aliphatic carbocycles. The van der Waals surface area contributed by atoms with E-state index in [9.17, 15) is 0 Å². The fourth-order valence-corrected chi connectivity index (χ4v) is 2.77. The van der Waals surface area contributed by atoms with Gasteiger partial charge in [-0.3, -0.25) is 4.90 Å². The van der Waals surface area contributed by atoms with E-state index in [2.05, 4.69) is 17.9 Å². The first-order chi connectivity index (χ1) is 8.20. The highest BCUT2D eigenvalue weighted by molar-refractivity contribution is 6.33. The molecule has 3 heteroatoms. The van der Waals surface area contributed by atoms with Crippen LogP contribution in [-0.4, -0.2) is 17.5 Å². The molecule has 1 fully saturated rings. The predicted octanol–water partition coefficient (Wildman–Crippen LogP) is 3.69. The van der Waals surface area contributed by atoms with Crippen molar-refractivity contribution in [2.45, 2.75) is 45.2 Å². The first-order valence-electron chi connectivity index (χ1n) is 6.48. The van der Waals surface area contributed by atoms with Crippen molar-refractivity contribution in [1.29, 1.82) is 0 Å². The molecular weight excluding hydrogens is 232 g/mol. The van der Waals surface area contributed by atoms with E-state index in [1.165, 1.54) is 37.8 Å². The fourth-order valence-electron chi connectivity index (χ4n) is 2.66. The standard InChI is InChI=1S/C14H21ClN2/c1-2-12-5-3-4-8-17(12)10-11-6-7-13(15)14(16)9-11/h6-7,9,12H,2-5,8,10,16H2,1H3. The Hall–Kier alpha value is -0.730. The molecule has 1 aliphatic rings. The molecule has 17 heavy (non-hydrogen) atoms. The molecular formula is C14H21ClN2. The highest BCUT2D eigenvalue weighted by Gasteiger charge is 2.20. The van der Waals surface area contributed by atoms with Crippen molar-refractivity contribution in [2.75, 3.05) is 12.3 Å². The van der Waals surface area contributed by atoms with E-state index in [4.69, 9.17) is 17.3 Å². The molecule has 0 saturated carbocycles. The van der Waals surface area contributed by atoms with Crippen LogP contribution in [0.4, 0.5) is 5.69 Å². The lowest BCUT2D eigenvalue weighted by Gasteiger charge is -2.35. The zero-order valence-electron chi connectivity index (χ0n) is 10.5. The molecule has 1 heterocycles. The van der Waals surface area contributed by atoms with E-state index in [1.807, 2.05) is 12.1 Å². The molecule has 0 aromatic heterocycles. The minimum Gasteiger partial charge on any atom is -0.398 e. The summed E-state index contributed by atoms with van der Waals surface area (Å²) in [6, 6.07) is 6.72. The summed E-state index contributed by atoms with van der Waals surface area (Å²) in [6.45, 7) is 4.49. The van der Waals surface area contributed by atoms with Crippen LogP contribution in [0.3, 0.4) is 0 Å². The molecule has 0 amide bonds. The lowest BCUT2D eigenvalue weighted by Crippen LogP contribution is -2.38. The van der Waals surface area contributed by atoms with Gasteiger partial charge < -0.3 is 5.73 Å². The SMILES string of the molecule is CCC1CCCCN1Cc1ccc(Cl)c(N)c1. The van der Waals surface area contributed by atoms with E-state index >= 15 is 0 Å². The van der Waals surface area contributed by atoms with Gasteiger partial charge in [0.1, 0.15) is 0 Å². The first-order valence-corrected chi connectivity index (χ1v) is 6.86. The van der Waals surface area contributed by atoms with Crippen LogP contribution in [0.1, 0.15) is 38.2 Å². The first kappa shape index (κ1) is 12.7. The van der Waals surface area contributed by atoms with Crippen LogP contribution >= 0.6 is 11.6 Å². The van der Waals surface area contributed by atoms with Crippen LogP contribution in [0.25, 0.3) is 0 Å². The lowest BCUT2D eigenvalue weighted by atomic mass is 9.99. The molecule has 2 rings (SSSR count). The average molecular weight is 253 g/mol. The number of anilines is 1. The van der Waals surface area contributed by atoms with Crippen molar-refractivity contribution in [3.63, 3.8) is 0 Å². The van der Waals surface area contributed by atoms with Gasteiger partial charge in [-0.1, -0.05) is 31.0 Å². The molecule has 1 aromatic rings. The number of hydrogen-bond acceptors (Lipinski definition) is 2. The summed E-state index contributed by atoms with van der Waals surface area (Å²) in [4.78, 5) is 2.58. The maximum absolute atomic E-state index is 5.94. The van der Waals surface area contributed by atoms with Crippen LogP contribution < -0.4 is 5.73 Å². The van der Waals surface area contributed by atoms with Crippen molar-refractivity contribution < 1.29 is 0 Å². The Morgan fingerprint density at radius 2 is 2.24 bits per heavy atom. The van der Waals surface area contributed by atoms with E-state index in [0.717, 1.165) is 12.6 Å². The molecule has 2 N–H and O–H groups in total. The van der Waals surface area contributed by atoms with Crippen LogP contribution in [0.5, 0.6) is 0 Å². The number of rotatable bonds is 3. The van der Waals surface area contributed by atoms with Crippen molar-refractivity contribution in [3.05, 3.63) is 28.8 Å². The molecule has 1 aliphatic heterocycles. The summed E-state index contributed by atoms with van der Waals surface area (Å²) in [5.74, 6) is 0. The van der Waals surface area contributed by atoms with Crippen molar-refractivity contribution in [1.82, 2.24) is 4.90 Å². The molecule has 0 radical (unpaired) electrons. The summed E-state index contributed by atoms with van der Waals surface area (Å²) in [5.41, 5.74) is 7.80. The normalized spacial score (nSPS) is 21.6. The minimum absolute atomic E-state index is 0.652. The van der Waals surface area contributed by atoms with Crippen LogP contribution in [0.15, 0.2) is 18.2 Å². The van der Waals surface area contributed by atoms with Gasteiger partial charge in [0.05, 0.1) is 10.7 Å². The topological polar surface area (TPSA) is 29.3 Å². The van der Waals surface area contributed by atoms with Gasteiger partial charge in [-0.25, -0.2) is 0 Å². The number of likely N-dealkylation sites (tertiary alicyclic amines) is 1. The third-order valence-electron chi connectivity index (χ3n) is 3.67. The summed E-state index contributed by atoms with van der Waals surface area (Å²) >= 11 is 5.94. The van der Waals surface area contributed by atoms with Gasteiger partial charge in [-0.05, 0) is 43.5 Å². The molecule has 1 aromatic carbocycles. The average Bonchev–Trinajstić information content (AvgIpc) is 2.34. The number of nitrogens with zero attached hydrogens (tertiary/aromatic N) is 1. The number of nitrogen functional groups attached to an aromatic ring is 1. The molecule has 94 valence electrons. The van der Waals surface area contributed by atoms with Crippen molar-refractivity contribution in [2.24, 2.45) is 0 Å². The summed E-state index contributed by atoms with van der Waals surface area (Å²) in [6.07, 6.45) is 5.26. The third-order valence-corrected chi connectivity index (χ3v) is 4.01. The number of halogens is 1. The van der Waals surface area contributed by atoms with Crippen LogP contribution in [0, 0.1) is 0 Å². The lowest BCUT2D eigenvalue weighted by molar-refractivity contribution is 0.136. The second-order valence-electron chi connectivity index (χ2n) is 4.88. The quantitative estimate of drug-likeness (QED) is 0.832. The fraction of sp³-hybridized carbons (Fsp3) is 0.571. The second kappa shape index (κ2) is 5.74. The number of piperidine rings is 1. The number of benzene rings is 1. The molecule has 0 bridgehead atoms. The molecule has 1 saturated heterocycles. The predicted molar refractivity (Wildman–Crippen MR) is 74.2 cm³/mol. The van der Waals surface area contributed by atoms with Crippen molar-refractivity contribution >= 4 is 17.3 Å². The van der Waals surface area contributed by atoms with E-state index in [0.29, 0.717) is 10.7 Å². The van der Waals surface area contributed by atoms with Gasteiger partial charge in [-0.15, -0.1) is 0 Å². The highest BCUT2D eigenvalue weighted by atomic mass is 35.5. The van der Waals surface area contributed by atoms with E-state index < -0.39 is 0 Å². The number of hydrogen-bond donors (Lipinski definition) is 1. The summed E-state index contributed by atoms with van der Waals surface area (Å²) < 4.78 is 0. The van der Waals surface area contributed by atoms with E-state index in [-0.39, 0.29) is 0 Å². The second-order valence-corrected chi connectivity index (χ2v) is 5.29. The van der Waals surface area contributed by atoms with Crippen LogP contribution in [0.2, 0.25) is 5.02 Å². The maximum Gasteiger partial charge on any atom is 0.0635 e. The van der Waals surface area contributed by atoms with Gasteiger partial charge in [0.2, 0.25) is 0 Å². The van der Waals surface area contributed by atoms with Gasteiger partial charge in [0, 0.05) is 12.6 Å². The minimum atomic E-state index is 0.652. The monoisotopic (exact) mass is 252 g/mol. The molecule has 2 nitrogen and oxygen atoms in total. The van der Waals surface area contributed by atoms with Gasteiger partial charge in [-0.2, -0.15) is 0 Å². The smallest absolute Gasteiger partial charge is 0.0635 e. The zero-order valence-corrected chi connectivity index (χ0v) is 11.2. The summed E-state index contributed by atoms with van der Waals surface area (Å²) in [7, 11) is 0. The Morgan fingerprint density at radius 3 is 2.94 bits per heavy atom. The third kappa shape index (κ3) is 3.14. The molecule has 0 spiro atoms. The Labute approximate surface area is 109 Å². The molecule has 1 atom stereocenters. The van der Waals surface area contributed by atoms with Crippen molar-refractivity contribution in [3.8, 4) is 0 Å². The molecule has 1 unspecified atom stereocenters. The highest BCUT2D eigenvalue weighted by Crippen LogP contribution is 2.24. The Bertz CT molecular complexity index is 378. The zero-order chi connectivity index (χ0) is 12.3. The Balaban J connectivity index is 2.05. The maximum atomic E-state index is 5.94. The Kier molecular flexibility index (Phi) is 4.30. The van der Waals surface area contributed by atoms with E-state index in [1.54, 1.807) is 0 Å². The summed E-state index contributed by atoms with van der Waals surface area (Å²) in [5, 5.41) is 0.652. The van der Waals surface area contributed by atoms with Crippen LogP contribution in [-0.2, 0) is 6.54 Å². The largest absolute Gasteiger partial charge is 0.398 e. The van der Waals surface area contributed by atoms with Gasteiger partial charge in [0.15, 0.2) is 0 Å². The van der Waals surface area contributed by atoms with Gasteiger partial charge >= 0.3 is 0 Å². The van der Waals surface area contributed by atoms with Gasteiger partial charge in [0.25, 0.3) is 0 Å². The Morgan fingerprint density at radius 1 is 1.41 bits per heavy atom. The number of nitrogens with two attached hydrogens (primary N) is 1.